The Kier molecular flexibility index (Phi) is 6.48. The molecule has 0 amide bonds. The quantitative estimate of drug-likeness (QED) is 0.184. The summed E-state index contributed by atoms with van der Waals surface area (Å²) in [4.78, 5) is 25.3. The summed E-state index contributed by atoms with van der Waals surface area (Å²) in [5.41, 5.74) is 8.57. The van der Waals surface area contributed by atoms with Gasteiger partial charge in [0, 0.05) is 33.2 Å². The first-order valence-electron chi connectivity index (χ1n) is 16.6. The first-order valence-corrected chi connectivity index (χ1v) is 16.6. The van der Waals surface area contributed by atoms with Crippen LogP contribution < -0.4 is 4.74 Å². The van der Waals surface area contributed by atoms with Crippen molar-refractivity contribution in [3.63, 3.8) is 0 Å². The van der Waals surface area contributed by atoms with Gasteiger partial charge in [0.05, 0.1) is 11.5 Å². The van der Waals surface area contributed by atoms with E-state index in [2.05, 4.69) is 24.3 Å². The highest BCUT2D eigenvalue weighted by Crippen LogP contribution is 2.51. The molecule has 0 spiro atoms. The van der Waals surface area contributed by atoms with Crippen molar-refractivity contribution in [1.29, 1.82) is 0 Å². The van der Waals surface area contributed by atoms with E-state index in [4.69, 9.17) is 34.1 Å². The second-order valence-corrected chi connectivity index (χ2v) is 12.4. The van der Waals surface area contributed by atoms with Crippen molar-refractivity contribution in [2.45, 2.75) is 12.0 Å². The molecule has 0 saturated heterocycles. The number of ether oxygens (including phenoxy) is 1. The summed E-state index contributed by atoms with van der Waals surface area (Å²) in [7, 11) is 0. The molecule has 0 N–H and O–H groups in total. The molecule has 0 bridgehead atoms. The van der Waals surface area contributed by atoms with E-state index < -0.39 is 0 Å². The van der Waals surface area contributed by atoms with Crippen molar-refractivity contribution in [3.8, 4) is 51.2 Å². The number of fused-ring (bicyclic) bond motifs is 6. The zero-order chi connectivity index (χ0) is 33.0. The van der Waals surface area contributed by atoms with Crippen molar-refractivity contribution in [3.05, 3.63) is 163 Å². The van der Waals surface area contributed by atoms with Crippen LogP contribution in [0.4, 0.5) is 0 Å². The number of hydrogen-bond donors (Lipinski definition) is 0. The van der Waals surface area contributed by atoms with Crippen molar-refractivity contribution in [2.24, 2.45) is 0 Å². The number of para-hydroxylation sites is 2. The lowest BCUT2D eigenvalue weighted by atomic mass is 9.83. The minimum Gasteiger partial charge on any atom is -0.484 e. The maximum Gasteiger partial charge on any atom is 0.180 e. The Hall–Kier alpha value is -6.73. The Morgan fingerprint density at radius 1 is 0.520 bits per heavy atom. The Balaban J connectivity index is 1.13. The lowest BCUT2D eigenvalue weighted by molar-refractivity contribution is 0.272. The number of aromatic nitrogens is 5. The van der Waals surface area contributed by atoms with Crippen LogP contribution in [0.15, 0.2) is 156 Å². The molecule has 10 rings (SSSR count). The van der Waals surface area contributed by atoms with Crippen molar-refractivity contribution in [2.75, 3.05) is 0 Å². The fourth-order valence-electron chi connectivity index (χ4n) is 7.01. The van der Waals surface area contributed by atoms with Gasteiger partial charge >= 0.3 is 0 Å². The van der Waals surface area contributed by atoms with Crippen molar-refractivity contribution in [1.82, 2.24) is 24.9 Å². The van der Waals surface area contributed by atoms with Gasteiger partial charge in [-0.25, -0.2) is 24.9 Å². The molecule has 8 aromatic rings. The fourth-order valence-corrected chi connectivity index (χ4v) is 7.01. The highest BCUT2D eigenvalue weighted by atomic mass is 16.5. The molecule has 3 aromatic heterocycles. The summed E-state index contributed by atoms with van der Waals surface area (Å²) >= 11 is 0. The number of benzene rings is 5. The van der Waals surface area contributed by atoms with Gasteiger partial charge in [0.1, 0.15) is 28.6 Å². The topological polar surface area (TPSA) is 86.8 Å². The van der Waals surface area contributed by atoms with Crippen LogP contribution in [-0.4, -0.2) is 31.0 Å². The molecule has 50 heavy (non-hydrogen) atoms. The van der Waals surface area contributed by atoms with E-state index in [9.17, 15) is 0 Å². The third-order valence-electron chi connectivity index (χ3n) is 9.34. The third kappa shape index (κ3) is 4.63. The van der Waals surface area contributed by atoms with Crippen LogP contribution in [-0.2, 0) is 0 Å². The van der Waals surface area contributed by atoms with Gasteiger partial charge in [-0.2, -0.15) is 0 Å². The van der Waals surface area contributed by atoms with Gasteiger partial charge in [-0.05, 0) is 24.3 Å². The summed E-state index contributed by atoms with van der Waals surface area (Å²) in [6, 6.07) is 44.4. The van der Waals surface area contributed by atoms with E-state index in [-0.39, 0.29) is 12.0 Å². The molecule has 2 atom stereocenters. The van der Waals surface area contributed by atoms with Gasteiger partial charge in [-0.1, -0.05) is 127 Å². The second-order valence-electron chi connectivity index (χ2n) is 12.4. The average Bonchev–Trinajstić information content (AvgIpc) is 3.77. The van der Waals surface area contributed by atoms with Gasteiger partial charge in [0.2, 0.25) is 0 Å². The predicted octanol–water partition coefficient (Wildman–Crippen LogP) is 9.73. The van der Waals surface area contributed by atoms with Gasteiger partial charge in [-0.15, -0.1) is 0 Å². The van der Waals surface area contributed by atoms with Crippen LogP contribution in [0.2, 0.25) is 0 Å². The highest BCUT2D eigenvalue weighted by Gasteiger charge is 2.40. The molecule has 5 aromatic carbocycles. The smallest absolute Gasteiger partial charge is 0.180 e. The molecular weight excluding hydrogens is 619 g/mol. The molecule has 7 nitrogen and oxygen atoms in total. The van der Waals surface area contributed by atoms with Crippen LogP contribution in [0.5, 0.6) is 5.75 Å². The van der Waals surface area contributed by atoms with E-state index >= 15 is 0 Å². The van der Waals surface area contributed by atoms with E-state index in [1.165, 1.54) is 0 Å². The van der Waals surface area contributed by atoms with Crippen LogP contribution in [0.3, 0.4) is 0 Å². The van der Waals surface area contributed by atoms with E-state index in [1.807, 2.05) is 127 Å². The lowest BCUT2D eigenvalue weighted by Crippen LogP contribution is -2.20. The SMILES string of the molecule is C1=CC2Oc3c(-c4nc(-c5ccccc5)c5oc6ccccc6c5n4)cccc3C2C(c2nc(-c3ccccc3)nc(-c3ccccc3)n2)=C1. The Morgan fingerprint density at radius 3 is 1.88 bits per heavy atom. The Bertz CT molecular complexity index is 2570. The molecular formula is C43H27N5O2. The summed E-state index contributed by atoms with van der Waals surface area (Å²) in [5, 5.41) is 0.942. The standard InChI is InChI=1S/C43H27N5O2/c1-4-14-26(15-5-1)36-39-37(29-20-10-11-24-33(29)49-39)45-43(44-36)32-23-12-21-30-35-31(22-13-25-34(35)50-38(30)32)42-47-40(27-16-6-2-7-17-27)46-41(48-42)28-18-8-3-9-19-28/h1-25,34-35H. The molecule has 0 radical (unpaired) electrons. The van der Waals surface area contributed by atoms with Crippen molar-refractivity contribution >= 4 is 27.6 Å². The molecule has 2 aliphatic rings. The minimum absolute atomic E-state index is 0.142. The Labute approximate surface area is 287 Å². The predicted molar refractivity (Wildman–Crippen MR) is 195 cm³/mol. The van der Waals surface area contributed by atoms with Crippen LogP contribution in [0, 0.1) is 0 Å². The summed E-state index contributed by atoms with van der Waals surface area (Å²) < 4.78 is 13.2. The normalized spacial score (nSPS) is 16.2. The molecule has 2 unspecified atom stereocenters. The maximum atomic E-state index is 6.80. The molecule has 7 heteroatoms. The number of hydrogen-bond acceptors (Lipinski definition) is 7. The third-order valence-corrected chi connectivity index (χ3v) is 9.34. The monoisotopic (exact) mass is 645 g/mol. The zero-order valence-corrected chi connectivity index (χ0v) is 26.6. The van der Waals surface area contributed by atoms with E-state index in [1.54, 1.807) is 0 Å². The largest absolute Gasteiger partial charge is 0.484 e. The van der Waals surface area contributed by atoms with Crippen LogP contribution in [0.1, 0.15) is 17.3 Å². The maximum absolute atomic E-state index is 6.80. The summed E-state index contributed by atoms with van der Waals surface area (Å²) in [6.07, 6.45) is 5.97. The van der Waals surface area contributed by atoms with Crippen LogP contribution in [0.25, 0.3) is 73.1 Å². The molecule has 1 aliphatic carbocycles. The number of furan rings is 1. The van der Waals surface area contributed by atoms with Crippen molar-refractivity contribution < 1.29 is 9.15 Å². The zero-order valence-electron chi connectivity index (χ0n) is 26.6. The molecule has 4 heterocycles. The minimum atomic E-state index is -0.254. The second kappa shape index (κ2) is 11.5. The van der Waals surface area contributed by atoms with E-state index in [0.717, 1.165) is 61.3 Å². The lowest BCUT2D eigenvalue weighted by Gasteiger charge is -2.22. The highest BCUT2D eigenvalue weighted by molar-refractivity contribution is 6.07. The van der Waals surface area contributed by atoms with Gasteiger partial charge in [-0.3, -0.25) is 0 Å². The summed E-state index contributed by atoms with van der Waals surface area (Å²) in [6.45, 7) is 0. The van der Waals surface area contributed by atoms with Gasteiger partial charge in [0.15, 0.2) is 28.9 Å². The number of rotatable bonds is 5. The molecule has 1 aliphatic heterocycles. The Morgan fingerprint density at radius 2 is 1.16 bits per heavy atom. The fraction of sp³-hybridized carbons (Fsp3) is 0.0465. The molecule has 0 fully saturated rings. The van der Waals surface area contributed by atoms with Gasteiger partial charge < -0.3 is 9.15 Å². The number of nitrogens with zero attached hydrogens (tertiary/aromatic N) is 5. The average molecular weight is 646 g/mol. The first kappa shape index (κ1) is 28.3. The first-order chi connectivity index (χ1) is 24.8. The molecule has 236 valence electrons. The van der Waals surface area contributed by atoms with Gasteiger partial charge in [0.25, 0.3) is 0 Å². The van der Waals surface area contributed by atoms with Crippen LogP contribution >= 0.6 is 0 Å². The number of allylic oxidation sites excluding steroid dienone is 2. The van der Waals surface area contributed by atoms with E-state index in [0.29, 0.717) is 28.9 Å². The summed E-state index contributed by atoms with van der Waals surface area (Å²) in [5.74, 6) is 3.05. The molecule has 0 saturated carbocycles.